The zero-order chi connectivity index (χ0) is 19.6. The second-order valence-electron chi connectivity index (χ2n) is 7.86. The number of rotatable bonds is 6. The van der Waals surface area contributed by atoms with Crippen LogP contribution in [0.2, 0.25) is 0 Å². The van der Waals surface area contributed by atoms with Crippen molar-refractivity contribution in [2.24, 2.45) is 23.7 Å². The van der Waals surface area contributed by atoms with E-state index < -0.39 is 24.2 Å². The van der Waals surface area contributed by atoms with E-state index in [1.165, 1.54) is 7.11 Å². The quantitative estimate of drug-likeness (QED) is 0.703. The van der Waals surface area contributed by atoms with Crippen molar-refractivity contribution < 1.29 is 34.0 Å². The summed E-state index contributed by atoms with van der Waals surface area (Å²) in [6, 6.07) is 0. The van der Waals surface area contributed by atoms with Gasteiger partial charge in [0, 0.05) is 58.4 Å². The molecule has 154 valence electrons. The minimum absolute atomic E-state index is 0.0427. The first kappa shape index (κ1) is 20.7. The molecule has 7 heteroatoms. The van der Waals surface area contributed by atoms with Gasteiger partial charge in [-0.3, -0.25) is 4.79 Å². The highest BCUT2D eigenvalue weighted by atomic mass is 16.5. The summed E-state index contributed by atoms with van der Waals surface area (Å²) in [7, 11) is 4.82. The molecule has 1 aliphatic heterocycles. The van der Waals surface area contributed by atoms with Gasteiger partial charge in [-0.2, -0.15) is 0 Å². The summed E-state index contributed by atoms with van der Waals surface area (Å²) < 4.78 is 23.0. The summed E-state index contributed by atoms with van der Waals surface area (Å²) >= 11 is 0. The van der Waals surface area contributed by atoms with Crippen LogP contribution >= 0.6 is 0 Å². The van der Waals surface area contributed by atoms with Crippen molar-refractivity contribution in [3.63, 3.8) is 0 Å². The Balaban J connectivity index is 1.86. The van der Waals surface area contributed by atoms with Gasteiger partial charge in [-0.15, -0.1) is 0 Å². The summed E-state index contributed by atoms with van der Waals surface area (Å²) in [6.07, 6.45) is 4.11. The largest absolute Gasteiger partial charge is 0.491 e. The molecule has 6 atom stereocenters. The van der Waals surface area contributed by atoms with Crippen molar-refractivity contribution in [2.75, 3.05) is 34.5 Å². The summed E-state index contributed by atoms with van der Waals surface area (Å²) in [5.74, 6) is -0.416. The fourth-order valence-electron chi connectivity index (χ4n) is 5.19. The van der Waals surface area contributed by atoms with Gasteiger partial charge in [0.15, 0.2) is 5.78 Å². The average molecular weight is 384 g/mol. The molecular weight excluding hydrogens is 352 g/mol. The van der Waals surface area contributed by atoms with Crippen LogP contribution in [0.1, 0.15) is 25.7 Å². The lowest BCUT2D eigenvalue weighted by Crippen LogP contribution is -2.62. The third kappa shape index (κ3) is 3.80. The number of hydrogen-bond acceptors (Lipinski definition) is 7. The van der Waals surface area contributed by atoms with Crippen molar-refractivity contribution in [3.05, 3.63) is 11.8 Å². The van der Waals surface area contributed by atoms with Crippen LogP contribution < -0.4 is 0 Å². The molecule has 0 aromatic heterocycles. The van der Waals surface area contributed by atoms with Crippen LogP contribution in [0.25, 0.3) is 0 Å². The molecule has 6 unspecified atom stereocenters. The maximum absolute atomic E-state index is 13.0. The number of ether oxygens (including phenoxy) is 4. The molecule has 2 aliphatic carbocycles. The number of aliphatic hydroxyl groups excluding tert-OH is 2. The normalized spacial score (nSPS) is 42.3. The second kappa shape index (κ2) is 9.01. The van der Waals surface area contributed by atoms with E-state index in [9.17, 15) is 15.0 Å². The summed E-state index contributed by atoms with van der Waals surface area (Å²) in [5, 5.41) is 19.8. The molecule has 3 rings (SSSR count). The predicted molar refractivity (Wildman–Crippen MR) is 97.0 cm³/mol. The van der Waals surface area contributed by atoms with E-state index in [2.05, 4.69) is 0 Å². The number of methoxy groups -OCH3 is 3. The Morgan fingerprint density at radius 3 is 2.07 bits per heavy atom. The van der Waals surface area contributed by atoms with Crippen LogP contribution in [0.15, 0.2) is 11.8 Å². The molecule has 27 heavy (non-hydrogen) atoms. The zero-order valence-electron chi connectivity index (χ0n) is 16.4. The number of fused-ring (bicyclic) bond motifs is 1. The molecule has 0 bridgehead atoms. The van der Waals surface area contributed by atoms with Crippen LogP contribution in [0.5, 0.6) is 0 Å². The molecular formula is C20H32O7. The van der Waals surface area contributed by atoms with Gasteiger partial charge in [-0.25, -0.2) is 0 Å². The Labute approximate surface area is 160 Å². The van der Waals surface area contributed by atoms with Crippen LogP contribution in [-0.2, 0) is 23.7 Å². The summed E-state index contributed by atoms with van der Waals surface area (Å²) in [5.41, 5.74) is 0. The lowest BCUT2D eigenvalue weighted by Gasteiger charge is -2.50. The molecule has 0 amide bonds. The third-order valence-electron chi connectivity index (χ3n) is 6.69. The minimum Gasteiger partial charge on any atom is -0.491 e. The van der Waals surface area contributed by atoms with Gasteiger partial charge in [-0.1, -0.05) is 0 Å². The fourth-order valence-corrected chi connectivity index (χ4v) is 5.19. The Morgan fingerprint density at radius 2 is 1.56 bits per heavy atom. The lowest BCUT2D eigenvalue weighted by atomic mass is 9.66. The van der Waals surface area contributed by atoms with Gasteiger partial charge < -0.3 is 29.2 Å². The molecule has 0 saturated heterocycles. The van der Waals surface area contributed by atoms with Crippen LogP contribution in [-0.4, -0.2) is 75.0 Å². The Bertz CT molecular complexity index is 540. The number of hydrogen-bond donors (Lipinski definition) is 2. The first-order valence-electron chi connectivity index (χ1n) is 9.81. The lowest BCUT2D eigenvalue weighted by molar-refractivity contribution is -0.200. The standard InChI is InChI=1S/C20H32O7/c1-24-12-6-4-11(5-7-12)16-8-15(23)17-18(25-2)13(9-21)14(10-22)19(26-3)20(17)27-16/h8,11-14,17-22H,4-7,9-10H2,1-3H3. The van der Waals surface area contributed by atoms with E-state index in [1.54, 1.807) is 20.3 Å². The van der Waals surface area contributed by atoms with E-state index in [1.807, 2.05) is 0 Å². The van der Waals surface area contributed by atoms with E-state index >= 15 is 0 Å². The molecule has 0 radical (unpaired) electrons. The molecule has 2 N–H and O–H groups in total. The maximum atomic E-state index is 13.0. The Hall–Kier alpha value is -0.990. The SMILES string of the molecule is COC1CCC(C2=CC(=O)C3C(OC)C(CO)C(CO)C(OC)C3O2)CC1. The van der Waals surface area contributed by atoms with Crippen LogP contribution in [0, 0.1) is 23.7 Å². The van der Waals surface area contributed by atoms with E-state index in [4.69, 9.17) is 18.9 Å². The monoisotopic (exact) mass is 384 g/mol. The van der Waals surface area contributed by atoms with Gasteiger partial charge in [0.2, 0.25) is 0 Å². The van der Waals surface area contributed by atoms with Gasteiger partial charge in [0.1, 0.15) is 18.0 Å². The van der Waals surface area contributed by atoms with E-state index in [0.29, 0.717) is 5.76 Å². The number of allylic oxidation sites excluding steroid dienone is 2. The number of carbonyl (C=O) groups excluding carboxylic acids is 1. The van der Waals surface area contributed by atoms with Crippen LogP contribution in [0.3, 0.4) is 0 Å². The Kier molecular flexibility index (Phi) is 6.92. The van der Waals surface area contributed by atoms with Crippen molar-refractivity contribution in [1.29, 1.82) is 0 Å². The molecule has 0 aromatic carbocycles. The van der Waals surface area contributed by atoms with Gasteiger partial charge in [0.05, 0.1) is 18.1 Å². The number of carbonyl (C=O) groups is 1. The fraction of sp³-hybridized carbons (Fsp3) is 0.850. The minimum atomic E-state index is -0.543. The van der Waals surface area contributed by atoms with Gasteiger partial charge in [0.25, 0.3) is 0 Å². The molecule has 7 nitrogen and oxygen atoms in total. The summed E-state index contributed by atoms with van der Waals surface area (Å²) in [4.78, 5) is 13.0. The van der Waals surface area contributed by atoms with Crippen molar-refractivity contribution in [3.8, 4) is 0 Å². The second-order valence-corrected chi connectivity index (χ2v) is 7.86. The highest BCUT2D eigenvalue weighted by molar-refractivity contribution is 5.94. The van der Waals surface area contributed by atoms with E-state index in [-0.39, 0.29) is 42.9 Å². The zero-order valence-corrected chi connectivity index (χ0v) is 16.4. The number of aliphatic hydroxyl groups is 2. The van der Waals surface area contributed by atoms with Crippen molar-refractivity contribution in [1.82, 2.24) is 0 Å². The summed E-state index contributed by atoms with van der Waals surface area (Å²) in [6.45, 7) is -0.347. The Morgan fingerprint density at radius 1 is 0.963 bits per heavy atom. The van der Waals surface area contributed by atoms with Crippen molar-refractivity contribution >= 4 is 5.78 Å². The smallest absolute Gasteiger partial charge is 0.168 e. The van der Waals surface area contributed by atoms with Crippen molar-refractivity contribution in [2.45, 2.75) is 50.1 Å². The first-order valence-corrected chi connectivity index (χ1v) is 9.81. The molecule has 0 spiro atoms. The first-order chi connectivity index (χ1) is 13.1. The molecule has 2 saturated carbocycles. The number of ketones is 1. The maximum Gasteiger partial charge on any atom is 0.168 e. The third-order valence-corrected chi connectivity index (χ3v) is 6.69. The highest BCUT2D eigenvalue weighted by Crippen LogP contribution is 2.44. The van der Waals surface area contributed by atoms with Gasteiger partial charge >= 0.3 is 0 Å². The average Bonchev–Trinajstić information content (AvgIpc) is 2.71. The predicted octanol–water partition coefficient (Wildman–Crippen LogP) is 0.920. The molecule has 3 aliphatic rings. The van der Waals surface area contributed by atoms with Crippen LogP contribution in [0.4, 0.5) is 0 Å². The molecule has 0 aromatic rings. The molecule has 1 heterocycles. The highest BCUT2D eigenvalue weighted by Gasteiger charge is 2.56. The molecule has 2 fully saturated rings. The van der Waals surface area contributed by atoms with Gasteiger partial charge in [-0.05, 0) is 25.7 Å². The topological polar surface area (TPSA) is 94.5 Å². The van der Waals surface area contributed by atoms with E-state index in [0.717, 1.165) is 25.7 Å².